The lowest BCUT2D eigenvalue weighted by molar-refractivity contribution is -0.150. The minimum absolute atomic E-state index is 0.114. The molecule has 4 nitrogen and oxygen atoms in total. The van der Waals surface area contributed by atoms with Crippen molar-refractivity contribution in [2.24, 2.45) is 5.41 Å². The van der Waals surface area contributed by atoms with Gasteiger partial charge in [0.05, 0.1) is 24.2 Å². The molecule has 1 aromatic carbocycles. The zero-order valence-corrected chi connectivity index (χ0v) is 13.6. The standard InChI is InChI=1S/C17H19F3N2O2/c1-16(11-21)7-9-22(10-8-16)14(15(23)24-2)12-5-3-4-6-13(12)17(18,19)20/h3-6,14H,7-10H2,1-2H3. The normalized spacial score (nSPS) is 19.3. The van der Waals surface area contributed by atoms with E-state index in [4.69, 9.17) is 4.74 Å². The van der Waals surface area contributed by atoms with Crippen LogP contribution >= 0.6 is 0 Å². The van der Waals surface area contributed by atoms with Gasteiger partial charge in [-0.15, -0.1) is 0 Å². The Morgan fingerprint density at radius 2 is 1.92 bits per heavy atom. The highest BCUT2D eigenvalue weighted by atomic mass is 19.4. The van der Waals surface area contributed by atoms with Crippen molar-refractivity contribution in [2.75, 3.05) is 20.2 Å². The van der Waals surface area contributed by atoms with E-state index in [0.29, 0.717) is 25.9 Å². The van der Waals surface area contributed by atoms with E-state index in [9.17, 15) is 23.2 Å². The van der Waals surface area contributed by atoms with Crippen LogP contribution in [-0.4, -0.2) is 31.1 Å². The van der Waals surface area contributed by atoms with Gasteiger partial charge < -0.3 is 4.74 Å². The average Bonchev–Trinajstić information content (AvgIpc) is 2.56. The van der Waals surface area contributed by atoms with E-state index in [1.165, 1.54) is 18.2 Å². The first kappa shape index (κ1) is 18.3. The van der Waals surface area contributed by atoms with Crippen LogP contribution in [0, 0.1) is 16.7 Å². The summed E-state index contributed by atoms with van der Waals surface area (Å²) in [7, 11) is 1.16. The minimum atomic E-state index is -4.56. The molecule has 0 spiro atoms. The van der Waals surface area contributed by atoms with Crippen LogP contribution in [0.25, 0.3) is 0 Å². The zero-order valence-electron chi connectivity index (χ0n) is 13.6. The monoisotopic (exact) mass is 340 g/mol. The molecule has 1 heterocycles. The molecule has 1 fully saturated rings. The van der Waals surface area contributed by atoms with Crippen molar-refractivity contribution in [3.8, 4) is 6.07 Å². The first-order chi connectivity index (χ1) is 11.2. The van der Waals surface area contributed by atoms with Gasteiger partial charge in [-0.1, -0.05) is 18.2 Å². The Kier molecular flexibility index (Phi) is 5.19. The van der Waals surface area contributed by atoms with Crippen LogP contribution in [0.1, 0.15) is 36.9 Å². The Morgan fingerprint density at radius 1 is 1.33 bits per heavy atom. The van der Waals surface area contributed by atoms with E-state index in [2.05, 4.69) is 6.07 Å². The summed E-state index contributed by atoms with van der Waals surface area (Å²) in [6.07, 6.45) is -3.57. The molecule has 0 bridgehead atoms. The Balaban J connectivity index is 2.39. The van der Waals surface area contributed by atoms with E-state index in [0.717, 1.165) is 13.2 Å². The summed E-state index contributed by atoms with van der Waals surface area (Å²) >= 11 is 0. The van der Waals surface area contributed by atoms with Crippen molar-refractivity contribution in [1.82, 2.24) is 4.90 Å². The number of likely N-dealkylation sites (tertiary alicyclic amines) is 1. The number of alkyl halides is 3. The number of carbonyl (C=O) groups excluding carboxylic acids is 1. The van der Waals surface area contributed by atoms with E-state index >= 15 is 0 Å². The minimum Gasteiger partial charge on any atom is -0.468 e. The van der Waals surface area contributed by atoms with Crippen LogP contribution in [0.3, 0.4) is 0 Å². The second-order valence-corrected chi connectivity index (χ2v) is 6.22. The Labute approximate surface area is 138 Å². The van der Waals surface area contributed by atoms with Crippen LogP contribution < -0.4 is 0 Å². The maximum Gasteiger partial charge on any atom is 0.416 e. The number of piperidine rings is 1. The number of halogens is 3. The maximum absolute atomic E-state index is 13.3. The SMILES string of the molecule is COC(=O)C(c1ccccc1C(F)(F)F)N1CCC(C)(C#N)CC1. The van der Waals surface area contributed by atoms with Crippen LogP contribution in [0.15, 0.2) is 24.3 Å². The summed E-state index contributed by atoms with van der Waals surface area (Å²) in [5, 5.41) is 9.19. The van der Waals surface area contributed by atoms with Gasteiger partial charge in [-0.2, -0.15) is 18.4 Å². The fraction of sp³-hybridized carbons (Fsp3) is 0.529. The molecule has 0 aliphatic carbocycles. The van der Waals surface area contributed by atoms with Crippen LogP contribution in [0.4, 0.5) is 13.2 Å². The Bertz CT molecular complexity index is 644. The topological polar surface area (TPSA) is 53.3 Å². The molecule has 1 aliphatic heterocycles. The van der Waals surface area contributed by atoms with Crippen molar-refractivity contribution < 1.29 is 22.7 Å². The lowest BCUT2D eigenvalue weighted by atomic mass is 9.81. The molecule has 2 rings (SSSR count). The number of ether oxygens (including phenoxy) is 1. The first-order valence-corrected chi connectivity index (χ1v) is 7.61. The number of carbonyl (C=O) groups is 1. The molecule has 7 heteroatoms. The largest absolute Gasteiger partial charge is 0.468 e. The maximum atomic E-state index is 13.3. The number of hydrogen-bond donors (Lipinski definition) is 0. The van der Waals surface area contributed by atoms with E-state index in [1.807, 2.05) is 6.92 Å². The third-order valence-corrected chi connectivity index (χ3v) is 4.52. The van der Waals surface area contributed by atoms with Gasteiger partial charge in [0.1, 0.15) is 6.04 Å². The molecule has 0 N–H and O–H groups in total. The van der Waals surface area contributed by atoms with Gasteiger partial charge in [0.25, 0.3) is 0 Å². The van der Waals surface area contributed by atoms with Crippen LogP contribution in [-0.2, 0) is 15.7 Å². The number of nitriles is 1. The highest BCUT2D eigenvalue weighted by molar-refractivity contribution is 5.78. The van der Waals surface area contributed by atoms with Crippen molar-refractivity contribution in [3.05, 3.63) is 35.4 Å². The average molecular weight is 340 g/mol. The van der Waals surface area contributed by atoms with Crippen molar-refractivity contribution >= 4 is 5.97 Å². The number of esters is 1. The van der Waals surface area contributed by atoms with Crippen LogP contribution in [0.5, 0.6) is 0 Å². The van der Waals surface area contributed by atoms with Crippen molar-refractivity contribution in [1.29, 1.82) is 5.26 Å². The molecule has 130 valence electrons. The summed E-state index contributed by atoms with van der Waals surface area (Å²) in [5.74, 6) is -0.729. The highest BCUT2D eigenvalue weighted by Crippen LogP contribution is 2.39. The zero-order chi connectivity index (χ0) is 18.0. The van der Waals surface area contributed by atoms with Gasteiger partial charge in [-0.3, -0.25) is 4.90 Å². The lowest BCUT2D eigenvalue weighted by Crippen LogP contribution is -2.43. The summed E-state index contributed by atoms with van der Waals surface area (Å²) in [4.78, 5) is 13.9. The molecule has 1 atom stereocenters. The molecule has 0 aromatic heterocycles. The Hall–Kier alpha value is -2.07. The second-order valence-electron chi connectivity index (χ2n) is 6.22. The molecule has 1 aromatic rings. The molecule has 1 saturated heterocycles. The van der Waals surface area contributed by atoms with Gasteiger partial charge in [0, 0.05) is 13.1 Å². The van der Waals surface area contributed by atoms with E-state index in [-0.39, 0.29) is 5.56 Å². The van der Waals surface area contributed by atoms with Crippen molar-refractivity contribution in [3.63, 3.8) is 0 Å². The molecule has 0 radical (unpaired) electrons. The van der Waals surface area contributed by atoms with Crippen LogP contribution in [0.2, 0.25) is 0 Å². The lowest BCUT2D eigenvalue weighted by Gasteiger charge is -2.39. The predicted molar refractivity (Wildman–Crippen MR) is 80.7 cm³/mol. The van der Waals surface area contributed by atoms with Crippen molar-refractivity contribution in [2.45, 2.75) is 32.0 Å². The molecule has 1 aliphatic rings. The van der Waals surface area contributed by atoms with Gasteiger partial charge in [-0.25, -0.2) is 4.79 Å². The second kappa shape index (κ2) is 6.81. The molecule has 24 heavy (non-hydrogen) atoms. The molecular formula is C17H19F3N2O2. The predicted octanol–water partition coefficient (Wildman–Crippen LogP) is 3.55. The van der Waals surface area contributed by atoms with Gasteiger partial charge >= 0.3 is 12.1 Å². The number of hydrogen-bond acceptors (Lipinski definition) is 4. The smallest absolute Gasteiger partial charge is 0.416 e. The first-order valence-electron chi connectivity index (χ1n) is 7.61. The molecule has 0 saturated carbocycles. The Morgan fingerprint density at radius 3 is 2.42 bits per heavy atom. The van der Waals surface area contributed by atoms with Gasteiger partial charge in [0.15, 0.2) is 0 Å². The molecule has 0 amide bonds. The third kappa shape index (κ3) is 3.70. The number of benzene rings is 1. The number of nitrogens with zero attached hydrogens (tertiary/aromatic N) is 2. The summed E-state index contributed by atoms with van der Waals surface area (Å²) < 4.78 is 44.7. The summed E-state index contributed by atoms with van der Waals surface area (Å²) in [6.45, 7) is 2.53. The van der Waals surface area contributed by atoms with E-state index < -0.39 is 29.2 Å². The van der Waals surface area contributed by atoms with E-state index in [1.54, 1.807) is 4.90 Å². The highest BCUT2D eigenvalue weighted by Gasteiger charge is 2.41. The summed E-state index contributed by atoms with van der Waals surface area (Å²) in [5.41, 5.74) is -1.47. The third-order valence-electron chi connectivity index (χ3n) is 4.52. The number of rotatable bonds is 3. The quantitative estimate of drug-likeness (QED) is 0.790. The molecular weight excluding hydrogens is 321 g/mol. The molecule has 1 unspecified atom stereocenters. The van der Waals surface area contributed by atoms with Gasteiger partial charge in [0.2, 0.25) is 0 Å². The fourth-order valence-corrected chi connectivity index (χ4v) is 2.97. The summed E-state index contributed by atoms with van der Waals surface area (Å²) in [6, 6.07) is 6.15. The van der Waals surface area contributed by atoms with Gasteiger partial charge in [-0.05, 0) is 31.4 Å². The number of methoxy groups -OCH3 is 1. The fourth-order valence-electron chi connectivity index (χ4n) is 2.97.